The summed E-state index contributed by atoms with van der Waals surface area (Å²) in [5.41, 5.74) is 7.99. The molecule has 0 fully saturated rings. The molecule has 100 valence electrons. The molecule has 1 aromatic rings. The van der Waals surface area contributed by atoms with E-state index >= 15 is 0 Å². The average Bonchev–Trinajstić information content (AvgIpc) is 2.39. The molecular weight excluding hydrogens is 224 g/mol. The van der Waals surface area contributed by atoms with Crippen molar-refractivity contribution in [1.29, 1.82) is 0 Å². The summed E-state index contributed by atoms with van der Waals surface area (Å²) < 4.78 is 5.66. The van der Waals surface area contributed by atoms with Crippen LogP contribution in [0.2, 0.25) is 0 Å². The molecule has 0 spiro atoms. The monoisotopic (exact) mass is 248 g/mol. The lowest BCUT2D eigenvalue weighted by molar-refractivity contribution is 0.307. The van der Waals surface area contributed by atoms with Gasteiger partial charge < -0.3 is 15.4 Å². The van der Waals surface area contributed by atoms with Crippen LogP contribution < -0.4 is 15.4 Å². The van der Waals surface area contributed by atoms with Gasteiger partial charge in [-0.2, -0.15) is 0 Å². The van der Waals surface area contributed by atoms with Crippen LogP contribution in [-0.4, -0.2) is 19.7 Å². The van der Waals surface area contributed by atoms with Crippen LogP contribution in [0.15, 0.2) is 18.2 Å². The molecule has 0 aromatic heterocycles. The van der Waals surface area contributed by atoms with Gasteiger partial charge in [0.2, 0.25) is 0 Å². The first-order valence-electron chi connectivity index (χ1n) is 7.09. The summed E-state index contributed by atoms with van der Waals surface area (Å²) in [6, 6.07) is 5.92. The molecule has 1 aliphatic heterocycles. The van der Waals surface area contributed by atoms with Gasteiger partial charge in [-0.3, -0.25) is 0 Å². The van der Waals surface area contributed by atoms with Crippen molar-refractivity contribution in [1.82, 2.24) is 0 Å². The van der Waals surface area contributed by atoms with Crippen LogP contribution in [-0.2, 0) is 0 Å². The number of unbranched alkanes of at least 4 members (excludes halogenated alkanes) is 4. The minimum Gasteiger partial charge on any atom is -0.489 e. The fraction of sp³-hybridized carbons (Fsp3) is 0.600. The maximum absolute atomic E-state index is 6.06. The highest BCUT2D eigenvalue weighted by Gasteiger charge is 2.19. The van der Waals surface area contributed by atoms with Crippen molar-refractivity contribution >= 4 is 11.4 Å². The van der Waals surface area contributed by atoms with Crippen LogP contribution in [0, 0.1) is 0 Å². The number of anilines is 2. The van der Waals surface area contributed by atoms with E-state index in [0.717, 1.165) is 36.8 Å². The maximum Gasteiger partial charge on any atom is 0.144 e. The number of hydrogen-bond donors (Lipinski definition) is 1. The van der Waals surface area contributed by atoms with Crippen LogP contribution in [0.1, 0.15) is 39.0 Å². The van der Waals surface area contributed by atoms with Gasteiger partial charge in [0.25, 0.3) is 0 Å². The van der Waals surface area contributed by atoms with Gasteiger partial charge in [-0.15, -0.1) is 0 Å². The number of fused-ring (bicyclic) bond motifs is 1. The van der Waals surface area contributed by atoms with Crippen LogP contribution >= 0.6 is 0 Å². The molecular formula is C15H24N2O. The van der Waals surface area contributed by atoms with Crippen molar-refractivity contribution in [3.05, 3.63) is 18.2 Å². The lowest BCUT2D eigenvalue weighted by Gasteiger charge is -2.32. The van der Waals surface area contributed by atoms with Gasteiger partial charge >= 0.3 is 0 Å². The smallest absolute Gasteiger partial charge is 0.144 e. The van der Waals surface area contributed by atoms with Crippen LogP contribution in [0.5, 0.6) is 5.75 Å². The van der Waals surface area contributed by atoms with E-state index in [1.807, 2.05) is 18.2 Å². The molecule has 3 nitrogen and oxygen atoms in total. The summed E-state index contributed by atoms with van der Waals surface area (Å²) in [6.07, 6.45) is 6.55. The second-order valence-corrected chi connectivity index (χ2v) is 4.94. The fourth-order valence-corrected chi connectivity index (χ4v) is 2.50. The van der Waals surface area contributed by atoms with Gasteiger partial charge in [0.1, 0.15) is 18.0 Å². The summed E-state index contributed by atoms with van der Waals surface area (Å²) >= 11 is 0. The summed E-state index contributed by atoms with van der Waals surface area (Å²) in [5.74, 6) is 0.940. The molecule has 2 rings (SSSR count). The topological polar surface area (TPSA) is 38.5 Å². The third kappa shape index (κ3) is 3.09. The molecule has 0 bridgehead atoms. The molecule has 0 saturated carbocycles. The standard InChI is InChI=1S/C15H24N2O/c1-2-3-4-5-6-10-17-11-12-18-14-9-7-8-13(16)15(14)17/h7-9H,2-6,10-12,16H2,1H3. The zero-order valence-corrected chi connectivity index (χ0v) is 11.3. The van der Waals surface area contributed by atoms with E-state index in [4.69, 9.17) is 10.5 Å². The first kappa shape index (κ1) is 13.1. The third-order valence-electron chi connectivity index (χ3n) is 3.50. The molecule has 2 N–H and O–H groups in total. The number of para-hydroxylation sites is 1. The van der Waals surface area contributed by atoms with Gasteiger partial charge in [0, 0.05) is 6.54 Å². The molecule has 1 heterocycles. The fourth-order valence-electron chi connectivity index (χ4n) is 2.50. The summed E-state index contributed by atoms with van der Waals surface area (Å²) in [5, 5.41) is 0. The Balaban J connectivity index is 1.91. The van der Waals surface area contributed by atoms with Crippen LogP contribution in [0.25, 0.3) is 0 Å². The van der Waals surface area contributed by atoms with E-state index in [1.165, 1.54) is 32.1 Å². The largest absolute Gasteiger partial charge is 0.489 e. The number of hydrogen-bond acceptors (Lipinski definition) is 3. The molecule has 1 aliphatic rings. The highest BCUT2D eigenvalue weighted by Crippen LogP contribution is 2.36. The predicted octanol–water partition coefficient (Wildman–Crippen LogP) is 3.44. The number of ether oxygens (including phenoxy) is 1. The maximum atomic E-state index is 6.06. The van der Waals surface area contributed by atoms with Gasteiger partial charge in [0.15, 0.2) is 0 Å². The summed E-state index contributed by atoms with van der Waals surface area (Å²) in [4.78, 5) is 2.38. The quantitative estimate of drug-likeness (QED) is 0.619. The molecule has 0 unspecified atom stereocenters. The molecule has 3 heteroatoms. The number of rotatable bonds is 6. The van der Waals surface area contributed by atoms with Crippen molar-refractivity contribution in [2.24, 2.45) is 0 Å². The number of nitrogen functional groups attached to an aromatic ring is 1. The second kappa shape index (κ2) is 6.53. The Kier molecular flexibility index (Phi) is 4.73. The Morgan fingerprint density at radius 2 is 2.06 bits per heavy atom. The van der Waals surface area contributed by atoms with Crippen molar-refractivity contribution < 1.29 is 4.74 Å². The number of nitrogens with two attached hydrogens (primary N) is 1. The molecule has 1 aromatic carbocycles. The Morgan fingerprint density at radius 1 is 1.22 bits per heavy atom. The Labute approximate surface area is 110 Å². The van der Waals surface area contributed by atoms with Crippen LogP contribution in [0.4, 0.5) is 11.4 Å². The molecule has 0 saturated heterocycles. The minimum atomic E-state index is 0.769. The van der Waals surface area contributed by atoms with E-state index < -0.39 is 0 Å². The molecule has 0 amide bonds. The zero-order valence-electron chi connectivity index (χ0n) is 11.3. The highest BCUT2D eigenvalue weighted by atomic mass is 16.5. The van der Waals surface area contributed by atoms with Gasteiger partial charge in [0.05, 0.1) is 12.2 Å². The first-order valence-corrected chi connectivity index (χ1v) is 7.09. The molecule has 0 radical (unpaired) electrons. The Hall–Kier alpha value is -1.38. The van der Waals surface area contributed by atoms with E-state index in [9.17, 15) is 0 Å². The summed E-state index contributed by atoms with van der Waals surface area (Å²) in [7, 11) is 0. The van der Waals surface area contributed by atoms with Crippen LogP contribution in [0.3, 0.4) is 0 Å². The SMILES string of the molecule is CCCCCCCN1CCOc2cccc(N)c21. The van der Waals surface area contributed by atoms with Gasteiger partial charge in [-0.1, -0.05) is 38.7 Å². The van der Waals surface area contributed by atoms with Gasteiger partial charge in [-0.05, 0) is 18.6 Å². The number of benzene rings is 1. The van der Waals surface area contributed by atoms with Gasteiger partial charge in [-0.25, -0.2) is 0 Å². The summed E-state index contributed by atoms with van der Waals surface area (Å²) in [6.45, 7) is 5.06. The zero-order chi connectivity index (χ0) is 12.8. The first-order chi connectivity index (χ1) is 8.83. The minimum absolute atomic E-state index is 0.769. The predicted molar refractivity (Wildman–Crippen MR) is 77.3 cm³/mol. The van der Waals surface area contributed by atoms with E-state index in [2.05, 4.69) is 11.8 Å². The Morgan fingerprint density at radius 3 is 2.89 bits per heavy atom. The van der Waals surface area contributed by atoms with Crippen molar-refractivity contribution in [3.8, 4) is 5.75 Å². The highest BCUT2D eigenvalue weighted by molar-refractivity contribution is 5.75. The van der Waals surface area contributed by atoms with Crippen molar-refractivity contribution in [3.63, 3.8) is 0 Å². The van der Waals surface area contributed by atoms with Crippen molar-refractivity contribution in [2.75, 3.05) is 30.3 Å². The number of nitrogens with zero attached hydrogens (tertiary/aromatic N) is 1. The van der Waals surface area contributed by atoms with E-state index in [-0.39, 0.29) is 0 Å². The molecule has 0 aliphatic carbocycles. The van der Waals surface area contributed by atoms with E-state index in [1.54, 1.807) is 0 Å². The average molecular weight is 248 g/mol. The second-order valence-electron chi connectivity index (χ2n) is 4.94. The third-order valence-corrected chi connectivity index (χ3v) is 3.50. The van der Waals surface area contributed by atoms with Crippen molar-refractivity contribution in [2.45, 2.75) is 39.0 Å². The Bertz CT molecular complexity index is 379. The molecule has 0 atom stereocenters. The molecule has 18 heavy (non-hydrogen) atoms. The lowest BCUT2D eigenvalue weighted by atomic mass is 10.1. The van der Waals surface area contributed by atoms with E-state index in [0.29, 0.717) is 0 Å². The normalized spacial score (nSPS) is 14.2. The lowest BCUT2D eigenvalue weighted by Crippen LogP contribution is -2.34.